The van der Waals surface area contributed by atoms with Crippen LogP contribution < -0.4 is 5.46 Å². The molecule has 8 aromatic rings. The zero-order valence-corrected chi connectivity index (χ0v) is 27.1. The summed E-state index contributed by atoms with van der Waals surface area (Å²) >= 11 is 0. The maximum absolute atomic E-state index is 6.62. The Bertz CT molecular complexity index is 2470. The van der Waals surface area contributed by atoms with E-state index in [4.69, 9.17) is 9.31 Å². The van der Waals surface area contributed by atoms with Gasteiger partial charge in [-0.05, 0) is 80.7 Å². The minimum absolute atomic E-state index is 0.432. The third kappa shape index (κ3) is 4.17. The fraction of sp³-hybridized carbons (Fsp3) is 0.143. The fourth-order valence-corrected chi connectivity index (χ4v) is 7.38. The molecule has 0 aliphatic carbocycles. The third-order valence-corrected chi connectivity index (χ3v) is 10.4. The SMILES string of the molecule is CC1(C)OB(c2cccc3c2c2ccccc2n3-c2cccc3c4ccccc4n(-c4cccc(-c5ccccc5)c4)c23)OC1(C)C. The van der Waals surface area contributed by atoms with Crippen LogP contribution in [0.25, 0.3) is 66.1 Å². The molecule has 1 fully saturated rings. The van der Waals surface area contributed by atoms with Crippen molar-refractivity contribution in [1.82, 2.24) is 9.13 Å². The van der Waals surface area contributed by atoms with E-state index in [1.165, 1.54) is 38.3 Å². The van der Waals surface area contributed by atoms with Gasteiger partial charge in [0.1, 0.15) is 0 Å². The number of aromatic nitrogens is 2. The first-order valence-corrected chi connectivity index (χ1v) is 16.4. The lowest BCUT2D eigenvalue weighted by Gasteiger charge is -2.32. The van der Waals surface area contributed by atoms with Gasteiger partial charge in [-0.2, -0.15) is 0 Å². The standard InChI is InChI=1S/C42H35BN2O2/c1-41(2)42(3,4)47-43(46-41)34-22-14-25-37-39(34)33-20-9-11-24-36(33)45(37)38-26-13-21-32-31-19-8-10-23-35(31)44(40(32)38)30-18-12-17-29(27-30)28-15-6-5-7-16-28/h5-27H,1-4H3. The molecular formula is C42H35BN2O2. The number of rotatable bonds is 4. The number of para-hydroxylation sites is 3. The molecule has 9 rings (SSSR count). The van der Waals surface area contributed by atoms with Gasteiger partial charge in [0.05, 0.1) is 39.0 Å². The van der Waals surface area contributed by atoms with Gasteiger partial charge in [-0.1, -0.05) is 103 Å². The molecule has 1 saturated heterocycles. The molecule has 0 N–H and O–H groups in total. The highest BCUT2D eigenvalue weighted by atomic mass is 16.7. The van der Waals surface area contributed by atoms with Crippen LogP contribution in [0.3, 0.4) is 0 Å². The van der Waals surface area contributed by atoms with E-state index in [1.54, 1.807) is 0 Å². The molecule has 2 aromatic heterocycles. The first-order valence-electron chi connectivity index (χ1n) is 16.4. The maximum Gasteiger partial charge on any atom is 0.495 e. The molecule has 0 saturated carbocycles. The Kier molecular flexibility index (Phi) is 6.11. The summed E-state index contributed by atoms with van der Waals surface area (Å²) in [4.78, 5) is 0. The minimum Gasteiger partial charge on any atom is -0.399 e. The molecule has 0 unspecified atom stereocenters. The van der Waals surface area contributed by atoms with Crippen LogP contribution in [-0.2, 0) is 9.31 Å². The Balaban J connectivity index is 1.36. The molecule has 47 heavy (non-hydrogen) atoms. The zero-order chi connectivity index (χ0) is 31.9. The van der Waals surface area contributed by atoms with Crippen LogP contribution in [-0.4, -0.2) is 27.5 Å². The first kappa shape index (κ1) is 28.2. The Morgan fingerprint density at radius 3 is 1.83 bits per heavy atom. The van der Waals surface area contributed by atoms with Crippen molar-refractivity contribution in [2.24, 2.45) is 0 Å². The van der Waals surface area contributed by atoms with Crippen LogP contribution in [0, 0.1) is 0 Å². The van der Waals surface area contributed by atoms with E-state index in [-0.39, 0.29) is 0 Å². The lowest BCUT2D eigenvalue weighted by Crippen LogP contribution is -2.41. The minimum atomic E-state index is -0.467. The predicted molar refractivity (Wildman–Crippen MR) is 196 cm³/mol. The van der Waals surface area contributed by atoms with Crippen molar-refractivity contribution in [2.45, 2.75) is 38.9 Å². The Hall–Kier alpha value is -5.10. The van der Waals surface area contributed by atoms with Gasteiger partial charge < -0.3 is 18.4 Å². The maximum atomic E-state index is 6.62. The van der Waals surface area contributed by atoms with Crippen LogP contribution in [0.5, 0.6) is 0 Å². The summed E-state index contributed by atoms with van der Waals surface area (Å²) in [5.74, 6) is 0. The summed E-state index contributed by atoms with van der Waals surface area (Å²) in [7, 11) is -0.467. The van der Waals surface area contributed by atoms with Crippen LogP contribution in [0.2, 0.25) is 0 Å². The van der Waals surface area contributed by atoms with E-state index < -0.39 is 18.3 Å². The average Bonchev–Trinajstić information content (AvgIpc) is 3.69. The van der Waals surface area contributed by atoms with Gasteiger partial charge in [-0.15, -0.1) is 0 Å². The van der Waals surface area contributed by atoms with Crippen molar-refractivity contribution >= 4 is 56.2 Å². The first-order chi connectivity index (χ1) is 22.8. The summed E-state index contributed by atoms with van der Waals surface area (Å²) in [5, 5.41) is 4.79. The zero-order valence-electron chi connectivity index (χ0n) is 27.1. The van der Waals surface area contributed by atoms with Crippen LogP contribution >= 0.6 is 0 Å². The lowest BCUT2D eigenvalue weighted by atomic mass is 9.76. The molecule has 0 spiro atoms. The molecule has 0 atom stereocenters. The summed E-state index contributed by atoms with van der Waals surface area (Å²) in [6.45, 7) is 8.46. The van der Waals surface area contributed by atoms with E-state index in [0.717, 1.165) is 33.3 Å². The fourth-order valence-electron chi connectivity index (χ4n) is 7.38. The predicted octanol–water partition coefficient (Wildman–Crippen LogP) is 9.85. The highest BCUT2D eigenvalue weighted by Gasteiger charge is 2.52. The molecule has 228 valence electrons. The largest absolute Gasteiger partial charge is 0.495 e. The molecule has 0 amide bonds. The number of benzene rings is 6. The highest BCUT2D eigenvalue weighted by molar-refractivity contribution is 6.66. The quantitative estimate of drug-likeness (QED) is 0.186. The molecule has 6 aromatic carbocycles. The van der Waals surface area contributed by atoms with E-state index in [2.05, 4.69) is 176 Å². The molecule has 0 bridgehead atoms. The van der Waals surface area contributed by atoms with Crippen LogP contribution in [0.15, 0.2) is 140 Å². The number of hydrogen-bond donors (Lipinski definition) is 0. The molecule has 1 aliphatic heterocycles. The summed E-state index contributed by atoms with van der Waals surface area (Å²) in [6, 6.07) is 50.2. The van der Waals surface area contributed by atoms with E-state index in [0.29, 0.717) is 0 Å². The van der Waals surface area contributed by atoms with E-state index >= 15 is 0 Å². The van der Waals surface area contributed by atoms with Gasteiger partial charge in [0.25, 0.3) is 0 Å². The normalized spacial score (nSPS) is 15.8. The van der Waals surface area contributed by atoms with Crippen molar-refractivity contribution < 1.29 is 9.31 Å². The van der Waals surface area contributed by atoms with Gasteiger partial charge in [-0.25, -0.2) is 0 Å². The van der Waals surface area contributed by atoms with Gasteiger partial charge in [0.15, 0.2) is 0 Å². The Morgan fingerprint density at radius 1 is 0.489 bits per heavy atom. The monoisotopic (exact) mass is 610 g/mol. The van der Waals surface area contributed by atoms with E-state index in [9.17, 15) is 0 Å². The molecular weight excluding hydrogens is 575 g/mol. The second-order valence-corrected chi connectivity index (χ2v) is 13.6. The van der Waals surface area contributed by atoms with Crippen molar-refractivity contribution in [2.75, 3.05) is 0 Å². The summed E-state index contributed by atoms with van der Waals surface area (Å²) in [6.07, 6.45) is 0. The third-order valence-electron chi connectivity index (χ3n) is 10.4. The van der Waals surface area contributed by atoms with Crippen LogP contribution in [0.4, 0.5) is 0 Å². The molecule has 1 aliphatic rings. The number of hydrogen-bond acceptors (Lipinski definition) is 2. The smallest absolute Gasteiger partial charge is 0.399 e. The van der Waals surface area contributed by atoms with E-state index in [1.807, 2.05) is 0 Å². The molecule has 4 nitrogen and oxygen atoms in total. The average molecular weight is 611 g/mol. The second-order valence-electron chi connectivity index (χ2n) is 13.6. The van der Waals surface area contributed by atoms with Crippen molar-refractivity contribution in [3.8, 4) is 22.5 Å². The van der Waals surface area contributed by atoms with Gasteiger partial charge >= 0.3 is 7.12 Å². The highest BCUT2D eigenvalue weighted by Crippen LogP contribution is 2.41. The van der Waals surface area contributed by atoms with Crippen molar-refractivity contribution in [3.63, 3.8) is 0 Å². The topological polar surface area (TPSA) is 28.3 Å². The van der Waals surface area contributed by atoms with Gasteiger partial charge in [0, 0.05) is 27.2 Å². The van der Waals surface area contributed by atoms with Crippen molar-refractivity contribution in [3.05, 3.63) is 140 Å². The summed E-state index contributed by atoms with van der Waals surface area (Å²) < 4.78 is 18.1. The van der Waals surface area contributed by atoms with Crippen LogP contribution in [0.1, 0.15) is 27.7 Å². The second kappa shape index (κ2) is 10.2. The van der Waals surface area contributed by atoms with Gasteiger partial charge in [0.2, 0.25) is 0 Å². The number of nitrogens with zero attached hydrogens (tertiary/aromatic N) is 2. The number of fused-ring (bicyclic) bond motifs is 6. The summed E-state index contributed by atoms with van der Waals surface area (Å²) in [5.41, 5.74) is 9.46. The molecule has 3 heterocycles. The van der Waals surface area contributed by atoms with Gasteiger partial charge in [-0.3, -0.25) is 0 Å². The molecule has 5 heteroatoms. The van der Waals surface area contributed by atoms with Crippen molar-refractivity contribution in [1.29, 1.82) is 0 Å². The Morgan fingerprint density at radius 2 is 1.06 bits per heavy atom. The lowest BCUT2D eigenvalue weighted by molar-refractivity contribution is 0.00578. The molecule has 0 radical (unpaired) electrons. The Labute approximate surface area is 274 Å².